The highest BCUT2D eigenvalue weighted by molar-refractivity contribution is 5.91. The van der Waals surface area contributed by atoms with Gasteiger partial charge in [0.1, 0.15) is 11.6 Å². The lowest BCUT2D eigenvalue weighted by Crippen LogP contribution is -2.11. The summed E-state index contributed by atoms with van der Waals surface area (Å²) in [4.78, 5) is 12.2. The summed E-state index contributed by atoms with van der Waals surface area (Å²) in [6.45, 7) is 3.90. The molecule has 3 heteroatoms. The number of carbonyl (C=O) groups is 1. The van der Waals surface area contributed by atoms with E-state index in [0.29, 0.717) is 17.0 Å². The standard InChI is InChI=1S/C21H22FO2/c1-14-3-6-16(7-4-14)17-8-10-18(11-9-17)21(23)24-19-12-5-15(2)20(22)13-19/h5,8-13,16H,3-4,6-7H2,1-2H3. The van der Waals surface area contributed by atoms with Gasteiger partial charge in [-0.25, -0.2) is 9.18 Å². The van der Waals surface area contributed by atoms with E-state index in [0.717, 1.165) is 0 Å². The summed E-state index contributed by atoms with van der Waals surface area (Å²) in [5.41, 5.74) is 2.29. The van der Waals surface area contributed by atoms with E-state index >= 15 is 0 Å². The summed E-state index contributed by atoms with van der Waals surface area (Å²) in [7, 11) is 0. The molecule has 125 valence electrons. The summed E-state index contributed by atoms with van der Waals surface area (Å²) < 4.78 is 18.8. The van der Waals surface area contributed by atoms with Crippen LogP contribution < -0.4 is 4.74 Å². The Kier molecular flexibility index (Phi) is 4.98. The normalized spacial score (nSPS) is 16.1. The number of esters is 1. The number of hydrogen-bond acceptors (Lipinski definition) is 2. The van der Waals surface area contributed by atoms with E-state index in [-0.39, 0.29) is 11.6 Å². The number of halogens is 1. The quantitative estimate of drug-likeness (QED) is 0.542. The molecular formula is C21H22FO2. The molecule has 2 aromatic carbocycles. The van der Waals surface area contributed by atoms with Gasteiger partial charge >= 0.3 is 5.97 Å². The van der Waals surface area contributed by atoms with Crippen LogP contribution in [0.2, 0.25) is 0 Å². The number of ether oxygens (including phenoxy) is 1. The molecule has 2 aromatic rings. The summed E-state index contributed by atoms with van der Waals surface area (Å²) >= 11 is 0. The molecule has 2 nitrogen and oxygen atoms in total. The first-order valence-electron chi connectivity index (χ1n) is 8.42. The van der Waals surface area contributed by atoms with Crippen molar-refractivity contribution in [3.05, 3.63) is 70.9 Å². The first-order valence-corrected chi connectivity index (χ1v) is 8.42. The van der Waals surface area contributed by atoms with Crippen molar-refractivity contribution in [2.75, 3.05) is 0 Å². The number of hydrogen-bond donors (Lipinski definition) is 0. The van der Waals surface area contributed by atoms with E-state index in [1.165, 1.54) is 37.3 Å². The van der Waals surface area contributed by atoms with Crippen LogP contribution in [0, 0.1) is 18.7 Å². The Balaban J connectivity index is 1.66. The second kappa shape index (κ2) is 7.16. The minimum atomic E-state index is -0.461. The van der Waals surface area contributed by atoms with E-state index in [9.17, 15) is 9.18 Å². The monoisotopic (exact) mass is 325 g/mol. The van der Waals surface area contributed by atoms with Gasteiger partial charge in [-0.05, 0) is 73.8 Å². The summed E-state index contributed by atoms with van der Waals surface area (Å²) in [5.74, 6) is 1.55. The van der Waals surface area contributed by atoms with Crippen LogP contribution in [0.3, 0.4) is 0 Å². The lowest BCUT2D eigenvalue weighted by atomic mass is 9.79. The highest BCUT2D eigenvalue weighted by atomic mass is 19.1. The molecular weight excluding hydrogens is 303 g/mol. The second-order valence-electron chi connectivity index (χ2n) is 6.65. The molecule has 0 atom stereocenters. The smallest absolute Gasteiger partial charge is 0.343 e. The summed E-state index contributed by atoms with van der Waals surface area (Å²) in [6, 6.07) is 12.1. The van der Waals surface area contributed by atoms with Gasteiger partial charge in [-0.2, -0.15) is 0 Å². The largest absolute Gasteiger partial charge is 0.423 e. The second-order valence-corrected chi connectivity index (χ2v) is 6.65. The van der Waals surface area contributed by atoms with Crippen molar-refractivity contribution in [2.45, 2.75) is 45.4 Å². The highest BCUT2D eigenvalue weighted by Crippen LogP contribution is 2.36. The fourth-order valence-electron chi connectivity index (χ4n) is 3.14. The molecule has 24 heavy (non-hydrogen) atoms. The molecule has 1 aliphatic rings. The van der Waals surface area contributed by atoms with Gasteiger partial charge in [-0.3, -0.25) is 0 Å². The highest BCUT2D eigenvalue weighted by Gasteiger charge is 2.20. The Morgan fingerprint density at radius 1 is 1.04 bits per heavy atom. The van der Waals surface area contributed by atoms with Crippen molar-refractivity contribution in [3.63, 3.8) is 0 Å². The van der Waals surface area contributed by atoms with Crippen LogP contribution in [-0.4, -0.2) is 5.97 Å². The fourth-order valence-corrected chi connectivity index (χ4v) is 3.14. The zero-order valence-electron chi connectivity index (χ0n) is 14.1. The third-order valence-corrected chi connectivity index (χ3v) is 4.81. The van der Waals surface area contributed by atoms with Crippen LogP contribution in [0.15, 0.2) is 42.5 Å². The minimum absolute atomic E-state index is 0.227. The van der Waals surface area contributed by atoms with E-state index in [1.807, 2.05) is 12.1 Å². The minimum Gasteiger partial charge on any atom is -0.423 e. The van der Waals surface area contributed by atoms with Gasteiger partial charge < -0.3 is 4.74 Å². The number of carbonyl (C=O) groups excluding carboxylic acids is 1. The molecule has 1 saturated carbocycles. The van der Waals surface area contributed by atoms with Crippen molar-refractivity contribution in [1.29, 1.82) is 0 Å². The van der Waals surface area contributed by atoms with Crippen LogP contribution >= 0.6 is 0 Å². The maximum absolute atomic E-state index is 13.5. The Morgan fingerprint density at radius 2 is 1.71 bits per heavy atom. The Labute approximate surface area is 142 Å². The van der Waals surface area contributed by atoms with Gasteiger partial charge in [0.15, 0.2) is 0 Å². The van der Waals surface area contributed by atoms with E-state index in [1.54, 1.807) is 37.1 Å². The van der Waals surface area contributed by atoms with Crippen LogP contribution in [0.1, 0.15) is 60.0 Å². The van der Waals surface area contributed by atoms with Crippen molar-refractivity contribution < 1.29 is 13.9 Å². The number of aryl methyl sites for hydroxylation is 1. The first kappa shape index (κ1) is 16.7. The van der Waals surface area contributed by atoms with Crippen molar-refractivity contribution in [3.8, 4) is 5.75 Å². The molecule has 0 amide bonds. The molecule has 0 spiro atoms. The van der Waals surface area contributed by atoms with Crippen LogP contribution in [0.25, 0.3) is 0 Å². The van der Waals surface area contributed by atoms with E-state index in [2.05, 4.69) is 6.92 Å². The Hall–Kier alpha value is -2.16. The maximum Gasteiger partial charge on any atom is 0.343 e. The van der Waals surface area contributed by atoms with Gasteiger partial charge in [0.2, 0.25) is 0 Å². The van der Waals surface area contributed by atoms with Crippen molar-refractivity contribution >= 4 is 5.97 Å². The molecule has 1 radical (unpaired) electrons. The first-order chi connectivity index (χ1) is 11.5. The van der Waals surface area contributed by atoms with Crippen molar-refractivity contribution in [2.24, 2.45) is 0 Å². The molecule has 0 unspecified atom stereocenters. The average Bonchev–Trinajstić information content (AvgIpc) is 2.59. The molecule has 0 saturated heterocycles. The molecule has 3 rings (SSSR count). The molecule has 0 heterocycles. The van der Waals surface area contributed by atoms with Gasteiger partial charge in [-0.15, -0.1) is 0 Å². The zero-order chi connectivity index (χ0) is 17.1. The molecule has 1 aliphatic carbocycles. The molecule has 0 N–H and O–H groups in total. The summed E-state index contributed by atoms with van der Waals surface area (Å²) in [6.07, 6.45) is 4.73. The molecule has 0 bridgehead atoms. The van der Waals surface area contributed by atoms with Gasteiger partial charge in [0.25, 0.3) is 0 Å². The molecule has 1 fully saturated rings. The summed E-state index contributed by atoms with van der Waals surface area (Å²) in [5, 5.41) is 0. The van der Waals surface area contributed by atoms with E-state index < -0.39 is 5.97 Å². The topological polar surface area (TPSA) is 26.3 Å². The predicted octanol–water partition coefficient (Wildman–Crippen LogP) is 5.61. The van der Waals surface area contributed by atoms with Gasteiger partial charge in [-0.1, -0.05) is 25.1 Å². The average molecular weight is 325 g/mol. The fraction of sp³-hybridized carbons (Fsp3) is 0.333. The maximum atomic E-state index is 13.5. The van der Waals surface area contributed by atoms with Crippen LogP contribution in [-0.2, 0) is 0 Å². The number of benzene rings is 2. The SMILES string of the molecule is C[C]1CCC(c2ccc(C(=O)Oc3ccc(C)c(F)c3)cc2)CC1. The zero-order valence-corrected chi connectivity index (χ0v) is 14.1. The third-order valence-electron chi connectivity index (χ3n) is 4.81. The molecule has 0 aromatic heterocycles. The lowest BCUT2D eigenvalue weighted by molar-refractivity contribution is 0.0734. The van der Waals surface area contributed by atoms with Crippen LogP contribution in [0.5, 0.6) is 5.75 Å². The predicted molar refractivity (Wildman–Crippen MR) is 92.7 cm³/mol. The van der Waals surface area contributed by atoms with Gasteiger partial charge in [0.05, 0.1) is 5.56 Å². The lowest BCUT2D eigenvalue weighted by Gasteiger charge is -2.26. The van der Waals surface area contributed by atoms with Gasteiger partial charge in [0, 0.05) is 6.07 Å². The van der Waals surface area contributed by atoms with Crippen LogP contribution in [0.4, 0.5) is 4.39 Å². The third kappa shape index (κ3) is 3.84. The molecule has 0 aliphatic heterocycles. The number of rotatable bonds is 3. The Bertz CT molecular complexity index is 713. The van der Waals surface area contributed by atoms with E-state index in [4.69, 9.17) is 4.74 Å². The van der Waals surface area contributed by atoms with Crippen molar-refractivity contribution in [1.82, 2.24) is 0 Å². The Morgan fingerprint density at radius 3 is 2.33 bits per heavy atom.